The molecule has 32 heavy (non-hydrogen) atoms. The molecule has 9 nitrogen and oxygen atoms in total. The predicted octanol–water partition coefficient (Wildman–Crippen LogP) is 2.98. The molecule has 2 aromatic rings. The fourth-order valence-electron chi connectivity index (χ4n) is 3.62. The molecule has 3 amide bonds. The quantitative estimate of drug-likeness (QED) is 0.649. The van der Waals surface area contributed by atoms with Crippen molar-refractivity contribution < 1.29 is 37.7 Å². The molecule has 0 radical (unpaired) electrons. The van der Waals surface area contributed by atoms with Crippen LogP contribution in [0.2, 0.25) is 5.02 Å². The maximum atomic E-state index is 13.2. The Hall–Kier alpha value is -3.47. The number of hydrogen-bond donors (Lipinski definition) is 2. The average Bonchev–Trinajstić information content (AvgIpc) is 3.02. The number of alkyl halides is 2. The van der Waals surface area contributed by atoms with Gasteiger partial charge in [0.25, 0.3) is 0 Å². The number of aliphatic carboxylic acids is 1. The fourth-order valence-corrected chi connectivity index (χ4v) is 3.80. The van der Waals surface area contributed by atoms with Crippen molar-refractivity contribution in [2.75, 3.05) is 0 Å². The Kier molecular flexibility index (Phi) is 5.37. The number of urea groups is 1. The van der Waals surface area contributed by atoms with Gasteiger partial charge in [-0.1, -0.05) is 17.7 Å². The zero-order chi connectivity index (χ0) is 23.2. The number of carbonyl (C=O) groups excluding carboxylic acids is 2. The number of β-lactam (4-membered cyclic amide) rings is 1. The van der Waals surface area contributed by atoms with Gasteiger partial charge in [0, 0.05) is 23.3 Å². The predicted molar refractivity (Wildman–Crippen MR) is 104 cm³/mol. The summed E-state index contributed by atoms with van der Waals surface area (Å²) in [7, 11) is 0. The summed E-state index contributed by atoms with van der Waals surface area (Å²) in [6, 6.07) is 3.97. The number of likely N-dealkylation sites (tertiary alicyclic amines) is 1. The summed E-state index contributed by atoms with van der Waals surface area (Å²) >= 11 is 5.90. The third kappa shape index (κ3) is 4.03. The summed E-state index contributed by atoms with van der Waals surface area (Å²) in [5, 5.41) is 12.4. The molecular formula is C20H16ClF2N3O6. The molecule has 168 valence electrons. The van der Waals surface area contributed by atoms with Crippen LogP contribution >= 0.6 is 11.6 Å². The van der Waals surface area contributed by atoms with Crippen LogP contribution in [0.15, 0.2) is 36.5 Å². The van der Waals surface area contributed by atoms with E-state index in [1.54, 1.807) is 13.0 Å². The lowest BCUT2D eigenvalue weighted by Crippen LogP contribution is -2.68. The van der Waals surface area contributed by atoms with Gasteiger partial charge in [-0.15, -0.1) is 8.78 Å². The number of carboxylic acid groups (broad SMARTS) is 1. The summed E-state index contributed by atoms with van der Waals surface area (Å²) in [6.45, 7) is 1.54. The molecule has 0 bridgehead atoms. The maximum Gasteiger partial charge on any atom is 0.586 e. The zero-order valence-corrected chi connectivity index (χ0v) is 17.2. The zero-order valence-electron chi connectivity index (χ0n) is 16.4. The lowest BCUT2D eigenvalue weighted by atomic mass is 9.83. The van der Waals surface area contributed by atoms with E-state index in [4.69, 9.17) is 11.6 Å². The van der Waals surface area contributed by atoms with Crippen LogP contribution in [-0.2, 0) is 16.0 Å². The normalized spacial score (nSPS) is 21.6. The number of pyridine rings is 1. The standard InChI is InChI=1S/C20H16ClF2N3O6/c1-9(10-2-3-14-15(6-10)32-20(22,23)31-14)25-19(30)26-16(18(28)29)13(17(26)27)8-12-7-11(21)4-5-24-12/h2-7,9,13,16H,8H2,1H3,(H,25,30)(H,28,29)/t9-,13-,16+/m1/s1. The number of carboxylic acids is 1. The number of nitrogens with zero attached hydrogens (tertiary/aromatic N) is 2. The van der Waals surface area contributed by atoms with Gasteiger partial charge in [-0.2, -0.15) is 0 Å². The Morgan fingerprint density at radius 3 is 2.69 bits per heavy atom. The second-order valence-electron chi connectivity index (χ2n) is 7.31. The van der Waals surface area contributed by atoms with E-state index in [0.29, 0.717) is 21.2 Å². The van der Waals surface area contributed by atoms with Crippen LogP contribution in [0, 0.1) is 5.92 Å². The third-order valence-corrected chi connectivity index (χ3v) is 5.39. The highest BCUT2D eigenvalue weighted by Gasteiger charge is 2.55. The highest BCUT2D eigenvalue weighted by atomic mass is 35.5. The van der Waals surface area contributed by atoms with Crippen LogP contribution in [0.4, 0.5) is 13.6 Å². The Morgan fingerprint density at radius 2 is 2.00 bits per heavy atom. The van der Waals surface area contributed by atoms with Crippen molar-refractivity contribution in [3.63, 3.8) is 0 Å². The van der Waals surface area contributed by atoms with Gasteiger partial charge in [0.2, 0.25) is 5.91 Å². The van der Waals surface area contributed by atoms with E-state index < -0.39 is 42.2 Å². The number of hydrogen-bond acceptors (Lipinski definition) is 6. The summed E-state index contributed by atoms with van der Waals surface area (Å²) < 4.78 is 35.1. The molecule has 1 saturated heterocycles. The Morgan fingerprint density at radius 1 is 1.28 bits per heavy atom. The van der Waals surface area contributed by atoms with Crippen LogP contribution < -0.4 is 14.8 Å². The minimum absolute atomic E-state index is 0.00602. The van der Waals surface area contributed by atoms with Gasteiger partial charge in [0.15, 0.2) is 17.5 Å². The smallest absolute Gasteiger partial charge is 0.480 e. The highest BCUT2D eigenvalue weighted by Crippen LogP contribution is 2.42. The van der Waals surface area contributed by atoms with Gasteiger partial charge in [0.05, 0.1) is 12.0 Å². The van der Waals surface area contributed by atoms with Gasteiger partial charge < -0.3 is 19.9 Å². The van der Waals surface area contributed by atoms with Crippen LogP contribution in [0.3, 0.4) is 0 Å². The number of carbonyl (C=O) groups is 3. The van der Waals surface area contributed by atoms with Gasteiger partial charge in [-0.25, -0.2) is 14.5 Å². The Balaban J connectivity index is 1.45. The van der Waals surface area contributed by atoms with Crippen LogP contribution in [0.1, 0.15) is 24.2 Å². The van der Waals surface area contributed by atoms with Gasteiger partial charge in [0.1, 0.15) is 0 Å². The van der Waals surface area contributed by atoms with Crippen molar-refractivity contribution in [3.05, 3.63) is 52.8 Å². The number of nitrogens with one attached hydrogen (secondary N) is 1. The highest BCUT2D eigenvalue weighted by molar-refractivity contribution is 6.30. The molecule has 2 aliphatic rings. The first kappa shape index (κ1) is 21.8. The number of fused-ring (bicyclic) bond motifs is 1. The number of amides is 3. The molecule has 1 aromatic carbocycles. The van der Waals surface area contributed by atoms with E-state index in [2.05, 4.69) is 19.8 Å². The van der Waals surface area contributed by atoms with E-state index in [1.165, 1.54) is 30.5 Å². The fraction of sp³-hybridized carbons (Fsp3) is 0.300. The molecule has 3 heterocycles. The Labute approximate surface area is 184 Å². The van der Waals surface area contributed by atoms with Crippen LogP contribution in [0.5, 0.6) is 11.5 Å². The molecule has 3 atom stereocenters. The maximum absolute atomic E-state index is 13.2. The van der Waals surface area contributed by atoms with Crippen molar-refractivity contribution in [1.82, 2.24) is 15.2 Å². The molecule has 1 fully saturated rings. The summed E-state index contributed by atoms with van der Waals surface area (Å²) in [6.07, 6.45) is -2.34. The number of aromatic nitrogens is 1. The van der Waals surface area contributed by atoms with Gasteiger partial charge in [-0.3, -0.25) is 9.78 Å². The largest absolute Gasteiger partial charge is 0.586 e. The number of ether oxygens (including phenoxy) is 2. The summed E-state index contributed by atoms with van der Waals surface area (Å²) in [5.41, 5.74) is 0.811. The monoisotopic (exact) mass is 467 g/mol. The van der Waals surface area contributed by atoms with Crippen LogP contribution in [-0.4, -0.2) is 45.2 Å². The van der Waals surface area contributed by atoms with E-state index in [1.807, 2.05) is 0 Å². The number of imide groups is 1. The molecule has 0 saturated carbocycles. The molecule has 0 unspecified atom stereocenters. The van der Waals surface area contributed by atoms with Crippen LogP contribution in [0.25, 0.3) is 0 Å². The van der Waals surface area contributed by atoms with Crippen molar-refractivity contribution in [2.45, 2.75) is 31.7 Å². The van der Waals surface area contributed by atoms with E-state index in [-0.39, 0.29) is 17.9 Å². The average molecular weight is 468 g/mol. The second-order valence-corrected chi connectivity index (χ2v) is 7.75. The minimum Gasteiger partial charge on any atom is -0.480 e. The van der Waals surface area contributed by atoms with Gasteiger partial charge >= 0.3 is 18.3 Å². The van der Waals surface area contributed by atoms with Crippen molar-refractivity contribution in [1.29, 1.82) is 0 Å². The molecule has 2 N–H and O–H groups in total. The first-order chi connectivity index (χ1) is 15.1. The van der Waals surface area contributed by atoms with E-state index >= 15 is 0 Å². The molecule has 1 aromatic heterocycles. The molecule has 0 spiro atoms. The Bertz CT molecular complexity index is 1110. The van der Waals surface area contributed by atoms with E-state index in [0.717, 1.165) is 0 Å². The lowest BCUT2D eigenvalue weighted by Gasteiger charge is -2.43. The molecule has 12 heteroatoms. The van der Waals surface area contributed by atoms with E-state index in [9.17, 15) is 28.3 Å². The molecule has 0 aliphatic carbocycles. The summed E-state index contributed by atoms with van der Waals surface area (Å²) in [4.78, 5) is 41.6. The van der Waals surface area contributed by atoms with Crippen molar-refractivity contribution in [2.24, 2.45) is 5.92 Å². The molecule has 2 aliphatic heterocycles. The van der Waals surface area contributed by atoms with Gasteiger partial charge in [-0.05, 0) is 36.8 Å². The first-order valence-corrected chi connectivity index (χ1v) is 9.80. The topological polar surface area (TPSA) is 118 Å². The number of benzene rings is 1. The third-order valence-electron chi connectivity index (χ3n) is 5.16. The number of rotatable bonds is 5. The SMILES string of the molecule is C[C@@H](NC(=O)N1C(=O)[C@H](Cc2cc(Cl)ccn2)[C@H]1C(=O)O)c1ccc2c(c1)OC(F)(F)O2. The number of halogens is 3. The lowest BCUT2D eigenvalue weighted by molar-refractivity contribution is -0.286. The molecule has 4 rings (SSSR count). The second kappa shape index (κ2) is 7.90. The first-order valence-electron chi connectivity index (χ1n) is 9.42. The van der Waals surface area contributed by atoms with Crippen molar-refractivity contribution in [3.8, 4) is 11.5 Å². The minimum atomic E-state index is -3.78. The molecular weight excluding hydrogens is 452 g/mol. The summed E-state index contributed by atoms with van der Waals surface area (Å²) in [5.74, 6) is -3.35. The van der Waals surface area contributed by atoms with Crippen molar-refractivity contribution >= 4 is 29.5 Å².